The Labute approximate surface area is 119 Å². The molecule has 21 heavy (non-hydrogen) atoms. The van der Waals surface area contributed by atoms with Crippen LogP contribution < -0.4 is 11.1 Å². The summed E-state index contributed by atoms with van der Waals surface area (Å²) in [5.41, 5.74) is 3.70. The van der Waals surface area contributed by atoms with Gasteiger partial charge in [-0.25, -0.2) is 8.42 Å². The van der Waals surface area contributed by atoms with E-state index in [-0.39, 0.29) is 23.6 Å². The van der Waals surface area contributed by atoms with E-state index in [0.717, 1.165) is 12.1 Å². The van der Waals surface area contributed by atoms with E-state index in [2.05, 4.69) is 5.32 Å². The number of nitrogen functional groups attached to an aromatic ring is 1. The average Bonchev–Trinajstić information content (AvgIpc) is 2.71. The number of nitrogens with one attached hydrogen (secondary N) is 1. The fourth-order valence-corrected chi connectivity index (χ4v) is 3.87. The Bertz CT molecular complexity index is 671. The van der Waals surface area contributed by atoms with Crippen LogP contribution in [0.3, 0.4) is 0 Å². The van der Waals surface area contributed by atoms with Crippen LogP contribution in [-0.2, 0) is 20.8 Å². The highest BCUT2D eigenvalue weighted by Crippen LogP contribution is 2.35. The van der Waals surface area contributed by atoms with Gasteiger partial charge in [0.25, 0.3) is 0 Å². The molecule has 1 amide bonds. The molecule has 0 spiro atoms. The van der Waals surface area contributed by atoms with Crippen LogP contribution in [0.5, 0.6) is 0 Å². The highest BCUT2D eigenvalue weighted by Gasteiger charge is 2.35. The third kappa shape index (κ3) is 3.66. The maximum absolute atomic E-state index is 12.7. The van der Waals surface area contributed by atoms with E-state index in [1.54, 1.807) is 0 Å². The number of rotatable bonds is 2. The first-order chi connectivity index (χ1) is 9.58. The van der Waals surface area contributed by atoms with Gasteiger partial charge in [0.2, 0.25) is 5.91 Å². The maximum Gasteiger partial charge on any atom is 0.418 e. The second-order valence-corrected chi connectivity index (χ2v) is 7.12. The molecule has 1 unspecified atom stereocenters. The van der Waals surface area contributed by atoms with Crippen molar-refractivity contribution in [2.75, 3.05) is 22.6 Å². The number of carbonyl (C=O) groups excluding carboxylic acids is 1. The summed E-state index contributed by atoms with van der Waals surface area (Å²) in [5.74, 6) is -1.70. The number of hydrogen-bond donors (Lipinski definition) is 2. The molecule has 1 saturated heterocycles. The van der Waals surface area contributed by atoms with Crippen LogP contribution in [0.25, 0.3) is 0 Å². The SMILES string of the molecule is Nc1ccc(NC(=O)C2CCS(=O)(=O)C2)cc1C(F)(F)F. The fourth-order valence-electron chi connectivity index (χ4n) is 2.13. The molecule has 1 atom stereocenters. The first-order valence-corrected chi connectivity index (χ1v) is 7.89. The summed E-state index contributed by atoms with van der Waals surface area (Å²) >= 11 is 0. The number of amides is 1. The third-order valence-corrected chi connectivity index (χ3v) is 5.00. The summed E-state index contributed by atoms with van der Waals surface area (Å²) in [4.78, 5) is 11.9. The van der Waals surface area contributed by atoms with Gasteiger partial charge >= 0.3 is 6.18 Å². The third-order valence-electron chi connectivity index (χ3n) is 3.23. The van der Waals surface area contributed by atoms with Crippen molar-refractivity contribution in [3.8, 4) is 0 Å². The molecule has 1 aliphatic rings. The molecule has 116 valence electrons. The van der Waals surface area contributed by atoms with Crippen LogP contribution >= 0.6 is 0 Å². The number of alkyl halides is 3. The van der Waals surface area contributed by atoms with Gasteiger partial charge in [0.05, 0.1) is 23.0 Å². The summed E-state index contributed by atoms with van der Waals surface area (Å²) < 4.78 is 60.7. The van der Waals surface area contributed by atoms with Crippen molar-refractivity contribution in [1.82, 2.24) is 0 Å². The quantitative estimate of drug-likeness (QED) is 0.811. The van der Waals surface area contributed by atoms with Crippen molar-refractivity contribution in [2.45, 2.75) is 12.6 Å². The molecule has 0 radical (unpaired) electrons. The monoisotopic (exact) mass is 322 g/mol. The summed E-state index contributed by atoms with van der Waals surface area (Å²) in [6.07, 6.45) is -4.45. The number of benzene rings is 1. The molecule has 0 saturated carbocycles. The molecule has 1 heterocycles. The summed E-state index contributed by atoms with van der Waals surface area (Å²) in [5, 5.41) is 2.30. The fraction of sp³-hybridized carbons (Fsp3) is 0.417. The van der Waals surface area contributed by atoms with Crippen molar-refractivity contribution in [3.63, 3.8) is 0 Å². The highest BCUT2D eigenvalue weighted by atomic mass is 32.2. The molecule has 1 aromatic carbocycles. The summed E-state index contributed by atoms with van der Waals surface area (Å²) in [7, 11) is -3.23. The van der Waals surface area contributed by atoms with Gasteiger partial charge in [-0.1, -0.05) is 0 Å². The summed E-state index contributed by atoms with van der Waals surface area (Å²) in [6, 6.07) is 3.02. The minimum Gasteiger partial charge on any atom is -0.398 e. The van der Waals surface area contributed by atoms with Crippen LogP contribution in [0.4, 0.5) is 24.5 Å². The van der Waals surface area contributed by atoms with Crippen LogP contribution in [0.15, 0.2) is 18.2 Å². The predicted octanol–water partition coefficient (Wildman–Crippen LogP) is 1.66. The van der Waals surface area contributed by atoms with Gasteiger partial charge in [-0.3, -0.25) is 4.79 Å². The second kappa shape index (κ2) is 5.21. The zero-order chi connectivity index (χ0) is 15.8. The van der Waals surface area contributed by atoms with Crippen molar-refractivity contribution in [3.05, 3.63) is 23.8 Å². The Morgan fingerprint density at radius 3 is 2.52 bits per heavy atom. The predicted molar refractivity (Wildman–Crippen MR) is 71.2 cm³/mol. The zero-order valence-corrected chi connectivity index (χ0v) is 11.6. The molecular weight excluding hydrogens is 309 g/mol. The van der Waals surface area contributed by atoms with Gasteiger partial charge in [-0.2, -0.15) is 13.2 Å². The average molecular weight is 322 g/mol. The topological polar surface area (TPSA) is 89.3 Å². The standard InChI is InChI=1S/C12H13F3N2O3S/c13-12(14,15)9-5-8(1-2-10(9)16)17-11(18)7-3-4-21(19,20)6-7/h1-2,5,7H,3-4,6,16H2,(H,17,18). The Morgan fingerprint density at radius 2 is 2.00 bits per heavy atom. The molecule has 9 heteroatoms. The highest BCUT2D eigenvalue weighted by molar-refractivity contribution is 7.91. The molecule has 1 aliphatic heterocycles. The number of halogens is 3. The first-order valence-electron chi connectivity index (χ1n) is 6.06. The molecule has 0 aromatic heterocycles. The molecular formula is C12H13F3N2O3S. The van der Waals surface area contributed by atoms with Crippen molar-refractivity contribution in [1.29, 1.82) is 0 Å². The van der Waals surface area contributed by atoms with E-state index in [9.17, 15) is 26.4 Å². The van der Waals surface area contributed by atoms with Gasteiger partial charge in [0, 0.05) is 11.4 Å². The van der Waals surface area contributed by atoms with Crippen LogP contribution in [-0.4, -0.2) is 25.8 Å². The number of hydrogen-bond acceptors (Lipinski definition) is 4. The molecule has 1 aromatic rings. The molecule has 2 rings (SSSR count). The number of carbonyl (C=O) groups is 1. The van der Waals surface area contributed by atoms with Gasteiger partial charge in [0.1, 0.15) is 0 Å². The van der Waals surface area contributed by atoms with Gasteiger partial charge in [-0.15, -0.1) is 0 Å². The Hall–Kier alpha value is -1.77. The number of nitrogens with two attached hydrogens (primary N) is 1. The molecule has 5 nitrogen and oxygen atoms in total. The van der Waals surface area contributed by atoms with Crippen molar-refractivity contribution >= 4 is 27.1 Å². The Morgan fingerprint density at radius 1 is 1.33 bits per heavy atom. The molecule has 0 bridgehead atoms. The normalized spacial score (nSPS) is 21.2. The van der Waals surface area contributed by atoms with Crippen LogP contribution in [0.2, 0.25) is 0 Å². The molecule has 1 fully saturated rings. The van der Waals surface area contributed by atoms with Crippen molar-refractivity contribution < 1.29 is 26.4 Å². The van der Waals surface area contributed by atoms with E-state index in [0.29, 0.717) is 0 Å². The lowest BCUT2D eigenvalue weighted by Gasteiger charge is -2.14. The first kappa shape index (κ1) is 15.6. The maximum atomic E-state index is 12.7. The zero-order valence-electron chi connectivity index (χ0n) is 10.8. The van der Waals surface area contributed by atoms with Crippen LogP contribution in [0, 0.1) is 5.92 Å². The van der Waals surface area contributed by atoms with E-state index >= 15 is 0 Å². The minimum atomic E-state index is -4.62. The van der Waals surface area contributed by atoms with E-state index in [1.165, 1.54) is 6.07 Å². The number of sulfone groups is 1. The Balaban J connectivity index is 2.15. The Kier molecular flexibility index (Phi) is 3.87. The van der Waals surface area contributed by atoms with Gasteiger partial charge in [-0.05, 0) is 24.6 Å². The number of anilines is 2. The van der Waals surface area contributed by atoms with E-state index < -0.39 is 39.1 Å². The molecule has 0 aliphatic carbocycles. The smallest absolute Gasteiger partial charge is 0.398 e. The second-order valence-electron chi connectivity index (χ2n) is 4.89. The van der Waals surface area contributed by atoms with Crippen LogP contribution in [0.1, 0.15) is 12.0 Å². The van der Waals surface area contributed by atoms with E-state index in [4.69, 9.17) is 5.73 Å². The molecule has 3 N–H and O–H groups in total. The summed E-state index contributed by atoms with van der Waals surface area (Å²) in [6.45, 7) is 0. The lowest BCUT2D eigenvalue weighted by Crippen LogP contribution is -2.24. The van der Waals surface area contributed by atoms with Gasteiger partial charge in [0.15, 0.2) is 9.84 Å². The largest absolute Gasteiger partial charge is 0.418 e. The van der Waals surface area contributed by atoms with Gasteiger partial charge < -0.3 is 11.1 Å². The minimum absolute atomic E-state index is 0.0641. The lowest BCUT2D eigenvalue weighted by atomic mass is 10.1. The lowest BCUT2D eigenvalue weighted by molar-refractivity contribution is -0.137. The van der Waals surface area contributed by atoms with Crippen molar-refractivity contribution in [2.24, 2.45) is 5.92 Å². The van der Waals surface area contributed by atoms with E-state index in [1.807, 2.05) is 0 Å².